The molecule has 0 aromatic heterocycles. The van der Waals surface area contributed by atoms with Crippen LogP contribution in [0.25, 0.3) is 0 Å². The van der Waals surface area contributed by atoms with E-state index in [1.54, 1.807) is 0 Å². The standard InChI is InChI=1S/C18H22FNO/c1-3-13(2)17-6-4-5-7-18(17)21-12-15-8-14(11-20)9-16(19)10-15/h4-10,13H,3,11-12,20H2,1-2H3. The Labute approximate surface area is 125 Å². The fraction of sp³-hybridized carbons (Fsp3) is 0.333. The molecule has 0 aliphatic rings. The van der Waals surface area contributed by atoms with Crippen molar-refractivity contribution in [3.05, 3.63) is 65.0 Å². The van der Waals surface area contributed by atoms with E-state index in [0.717, 1.165) is 23.3 Å². The van der Waals surface area contributed by atoms with Crippen LogP contribution in [0.15, 0.2) is 42.5 Å². The molecule has 0 radical (unpaired) electrons. The van der Waals surface area contributed by atoms with Crippen molar-refractivity contribution in [1.29, 1.82) is 0 Å². The lowest BCUT2D eigenvalue weighted by Gasteiger charge is -2.16. The van der Waals surface area contributed by atoms with Gasteiger partial charge in [0.2, 0.25) is 0 Å². The van der Waals surface area contributed by atoms with Crippen LogP contribution in [0, 0.1) is 5.82 Å². The fourth-order valence-corrected chi connectivity index (χ4v) is 2.32. The molecule has 0 saturated heterocycles. The minimum absolute atomic E-state index is 0.272. The fourth-order valence-electron chi connectivity index (χ4n) is 2.32. The van der Waals surface area contributed by atoms with Gasteiger partial charge < -0.3 is 10.5 Å². The molecule has 112 valence electrons. The molecule has 21 heavy (non-hydrogen) atoms. The first-order valence-electron chi connectivity index (χ1n) is 7.34. The van der Waals surface area contributed by atoms with Gasteiger partial charge in [0, 0.05) is 6.54 Å². The first-order valence-corrected chi connectivity index (χ1v) is 7.34. The molecule has 2 rings (SSSR count). The van der Waals surface area contributed by atoms with Crippen LogP contribution in [0.2, 0.25) is 0 Å². The Morgan fingerprint density at radius 2 is 1.86 bits per heavy atom. The number of benzene rings is 2. The third-order valence-corrected chi connectivity index (χ3v) is 3.71. The summed E-state index contributed by atoms with van der Waals surface area (Å²) in [5.41, 5.74) is 8.34. The van der Waals surface area contributed by atoms with E-state index < -0.39 is 0 Å². The van der Waals surface area contributed by atoms with Crippen LogP contribution in [-0.2, 0) is 13.2 Å². The zero-order chi connectivity index (χ0) is 15.2. The lowest BCUT2D eigenvalue weighted by atomic mass is 9.98. The van der Waals surface area contributed by atoms with E-state index in [0.29, 0.717) is 19.1 Å². The van der Waals surface area contributed by atoms with E-state index in [2.05, 4.69) is 19.9 Å². The normalized spacial score (nSPS) is 12.2. The smallest absolute Gasteiger partial charge is 0.123 e. The topological polar surface area (TPSA) is 35.2 Å². The van der Waals surface area contributed by atoms with Crippen LogP contribution < -0.4 is 10.5 Å². The molecule has 0 saturated carbocycles. The molecule has 1 unspecified atom stereocenters. The van der Waals surface area contributed by atoms with Gasteiger partial charge in [0.05, 0.1) is 0 Å². The highest BCUT2D eigenvalue weighted by molar-refractivity contribution is 5.36. The van der Waals surface area contributed by atoms with Crippen LogP contribution in [-0.4, -0.2) is 0 Å². The van der Waals surface area contributed by atoms with Gasteiger partial charge in [-0.3, -0.25) is 0 Å². The molecule has 0 heterocycles. The zero-order valence-electron chi connectivity index (χ0n) is 12.6. The molecule has 2 aromatic rings. The Bertz CT molecular complexity index is 598. The van der Waals surface area contributed by atoms with Crippen LogP contribution in [0.5, 0.6) is 5.75 Å². The first-order chi connectivity index (χ1) is 10.1. The minimum atomic E-state index is -0.272. The summed E-state index contributed by atoms with van der Waals surface area (Å²) < 4.78 is 19.4. The molecule has 1 atom stereocenters. The second-order valence-corrected chi connectivity index (χ2v) is 5.31. The molecule has 0 fully saturated rings. The predicted molar refractivity (Wildman–Crippen MR) is 83.8 cm³/mol. The van der Waals surface area contributed by atoms with Crippen LogP contribution >= 0.6 is 0 Å². The number of hydrogen-bond donors (Lipinski definition) is 1. The number of ether oxygens (including phenoxy) is 1. The van der Waals surface area contributed by atoms with Gasteiger partial charge in [0.15, 0.2) is 0 Å². The van der Waals surface area contributed by atoms with E-state index >= 15 is 0 Å². The van der Waals surface area contributed by atoms with Crippen molar-refractivity contribution >= 4 is 0 Å². The summed E-state index contributed by atoms with van der Waals surface area (Å²) in [6.45, 7) is 5.00. The Hall–Kier alpha value is -1.87. The number of para-hydroxylation sites is 1. The van der Waals surface area contributed by atoms with Crippen LogP contribution in [0.3, 0.4) is 0 Å². The maximum atomic E-state index is 13.5. The van der Waals surface area contributed by atoms with Crippen molar-refractivity contribution in [2.75, 3.05) is 0 Å². The van der Waals surface area contributed by atoms with Gasteiger partial charge >= 0.3 is 0 Å². The van der Waals surface area contributed by atoms with Crippen molar-refractivity contribution in [1.82, 2.24) is 0 Å². The Morgan fingerprint density at radius 1 is 1.14 bits per heavy atom. The van der Waals surface area contributed by atoms with E-state index in [-0.39, 0.29) is 5.82 Å². The van der Waals surface area contributed by atoms with Crippen molar-refractivity contribution in [3.63, 3.8) is 0 Å². The van der Waals surface area contributed by atoms with Crippen molar-refractivity contribution in [3.8, 4) is 5.75 Å². The van der Waals surface area contributed by atoms with Crippen molar-refractivity contribution in [2.24, 2.45) is 5.73 Å². The van der Waals surface area contributed by atoms with E-state index in [1.807, 2.05) is 24.3 Å². The van der Waals surface area contributed by atoms with E-state index in [1.165, 1.54) is 17.7 Å². The molecule has 0 bridgehead atoms. The number of nitrogens with two attached hydrogens (primary N) is 1. The molecule has 0 amide bonds. The lowest BCUT2D eigenvalue weighted by Crippen LogP contribution is -2.03. The number of halogens is 1. The third kappa shape index (κ3) is 4.05. The van der Waals surface area contributed by atoms with Gasteiger partial charge in [-0.15, -0.1) is 0 Å². The van der Waals surface area contributed by atoms with Gasteiger partial charge in [-0.25, -0.2) is 4.39 Å². The van der Waals surface area contributed by atoms with Crippen molar-refractivity contribution < 1.29 is 9.13 Å². The summed E-state index contributed by atoms with van der Waals surface area (Å²) in [4.78, 5) is 0. The quantitative estimate of drug-likeness (QED) is 0.856. The maximum Gasteiger partial charge on any atom is 0.123 e. The first kappa shape index (κ1) is 15.5. The lowest BCUT2D eigenvalue weighted by molar-refractivity contribution is 0.300. The molecular weight excluding hydrogens is 265 g/mol. The molecule has 2 N–H and O–H groups in total. The second-order valence-electron chi connectivity index (χ2n) is 5.31. The summed E-state index contributed by atoms with van der Waals surface area (Å²) in [6, 6.07) is 12.8. The summed E-state index contributed by atoms with van der Waals surface area (Å²) in [6.07, 6.45) is 1.05. The minimum Gasteiger partial charge on any atom is -0.489 e. The Kier molecular flexibility index (Phi) is 5.34. The number of hydrogen-bond acceptors (Lipinski definition) is 2. The van der Waals surface area contributed by atoms with Crippen LogP contribution in [0.4, 0.5) is 4.39 Å². The van der Waals surface area contributed by atoms with E-state index in [4.69, 9.17) is 10.5 Å². The van der Waals surface area contributed by atoms with E-state index in [9.17, 15) is 4.39 Å². The predicted octanol–water partition coefficient (Wildman–Crippen LogP) is 4.38. The van der Waals surface area contributed by atoms with Crippen molar-refractivity contribution in [2.45, 2.75) is 39.3 Å². The molecule has 0 aliphatic heterocycles. The highest BCUT2D eigenvalue weighted by atomic mass is 19.1. The Balaban J connectivity index is 2.15. The monoisotopic (exact) mass is 287 g/mol. The molecule has 3 heteroatoms. The summed E-state index contributed by atoms with van der Waals surface area (Å²) in [5, 5.41) is 0. The van der Waals surface area contributed by atoms with Gasteiger partial charge in [0.1, 0.15) is 18.2 Å². The van der Waals surface area contributed by atoms with Crippen LogP contribution in [0.1, 0.15) is 42.9 Å². The highest BCUT2D eigenvalue weighted by Crippen LogP contribution is 2.29. The molecule has 2 aromatic carbocycles. The molecule has 0 aliphatic carbocycles. The molecule has 2 nitrogen and oxygen atoms in total. The summed E-state index contributed by atoms with van der Waals surface area (Å²) >= 11 is 0. The third-order valence-electron chi connectivity index (χ3n) is 3.71. The maximum absolute atomic E-state index is 13.5. The Morgan fingerprint density at radius 3 is 2.57 bits per heavy atom. The SMILES string of the molecule is CCC(C)c1ccccc1OCc1cc(F)cc(CN)c1. The number of rotatable bonds is 6. The summed E-state index contributed by atoms with van der Waals surface area (Å²) in [5.74, 6) is 1.03. The van der Waals surface area contributed by atoms with Gasteiger partial charge in [-0.05, 0) is 47.2 Å². The summed E-state index contributed by atoms with van der Waals surface area (Å²) in [7, 11) is 0. The molecule has 0 spiro atoms. The second kappa shape index (κ2) is 7.23. The van der Waals surface area contributed by atoms with Gasteiger partial charge in [0.25, 0.3) is 0 Å². The van der Waals surface area contributed by atoms with Gasteiger partial charge in [-0.1, -0.05) is 38.1 Å². The van der Waals surface area contributed by atoms with Gasteiger partial charge in [-0.2, -0.15) is 0 Å². The molecular formula is C18H22FNO. The average molecular weight is 287 g/mol. The average Bonchev–Trinajstić information content (AvgIpc) is 2.51. The zero-order valence-corrected chi connectivity index (χ0v) is 12.6. The largest absolute Gasteiger partial charge is 0.489 e. The highest BCUT2D eigenvalue weighted by Gasteiger charge is 2.10.